The van der Waals surface area contributed by atoms with Crippen molar-refractivity contribution in [1.29, 1.82) is 0 Å². The summed E-state index contributed by atoms with van der Waals surface area (Å²) in [4.78, 5) is 5.48. The maximum absolute atomic E-state index is 4.15. The smallest absolute Gasteiger partial charge is 0.0315 e. The summed E-state index contributed by atoms with van der Waals surface area (Å²) in [5.41, 5.74) is 2.58. The molecule has 0 atom stereocenters. The zero-order chi connectivity index (χ0) is 12.6. The van der Waals surface area contributed by atoms with E-state index in [9.17, 15) is 0 Å². The number of rotatable bonds is 6. The zero-order valence-corrected chi connectivity index (χ0v) is 11.4. The Labute approximate surface area is 113 Å². The van der Waals surface area contributed by atoms with Crippen LogP contribution in [0.5, 0.6) is 0 Å². The second-order valence-electron chi connectivity index (χ2n) is 4.14. The van der Waals surface area contributed by atoms with Gasteiger partial charge in [-0.2, -0.15) is 0 Å². The SMILES string of the molecule is Cc1ccncc1CNCCSc1ccccc1. The quantitative estimate of drug-likeness (QED) is 0.636. The highest BCUT2D eigenvalue weighted by molar-refractivity contribution is 7.99. The molecule has 1 heterocycles. The van der Waals surface area contributed by atoms with Crippen molar-refractivity contribution in [2.24, 2.45) is 0 Å². The Kier molecular flexibility index (Phi) is 5.24. The monoisotopic (exact) mass is 258 g/mol. The predicted octanol–water partition coefficient (Wildman–Crippen LogP) is 3.27. The van der Waals surface area contributed by atoms with Gasteiger partial charge in [-0.25, -0.2) is 0 Å². The third-order valence-corrected chi connectivity index (χ3v) is 3.77. The normalized spacial score (nSPS) is 10.5. The molecule has 0 bridgehead atoms. The van der Waals surface area contributed by atoms with Crippen LogP contribution in [-0.4, -0.2) is 17.3 Å². The van der Waals surface area contributed by atoms with Crippen molar-refractivity contribution in [2.75, 3.05) is 12.3 Å². The van der Waals surface area contributed by atoms with Crippen LogP contribution in [0.3, 0.4) is 0 Å². The van der Waals surface area contributed by atoms with Crippen LogP contribution in [0, 0.1) is 6.92 Å². The maximum atomic E-state index is 4.15. The van der Waals surface area contributed by atoms with Crippen LogP contribution < -0.4 is 5.32 Å². The van der Waals surface area contributed by atoms with Crippen LogP contribution in [0.15, 0.2) is 53.7 Å². The van der Waals surface area contributed by atoms with Crippen molar-refractivity contribution >= 4 is 11.8 Å². The van der Waals surface area contributed by atoms with E-state index in [1.807, 2.05) is 30.2 Å². The fraction of sp³-hybridized carbons (Fsp3) is 0.267. The van der Waals surface area contributed by atoms with Gasteiger partial charge in [-0.15, -0.1) is 11.8 Å². The van der Waals surface area contributed by atoms with Crippen LogP contribution in [0.4, 0.5) is 0 Å². The van der Waals surface area contributed by atoms with Gasteiger partial charge < -0.3 is 5.32 Å². The largest absolute Gasteiger partial charge is 0.312 e. The molecule has 0 radical (unpaired) electrons. The number of nitrogens with one attached hydrogen (secondary N) is 1. The van der Waals surface area contributed by atoms with Gasteiger partial charge in [-0.05, 0) is 36.2 Å². The van der Waals surface area contributed by atoms with E-state index in [4.69, 9.17) is 0 Å². The first kappa shape index (κ1) is 13.1. The number of aryl methyl sites for hydroxylation is 1. The van der Waals surface area contributed by atoms with Gasteiger partial charge in [0.1, 0.15) is 0 Å². The van der Waals surface area contributed by atoms with E-state index in [-0.39, 0.29) is 0 Å². The number of hydrogen-bond donors (Lipinski definition) is 1. The van der Waals surface area contributed by atoms with Gasteiger partial charge in [0, 0.05) is 36.1 Å². The topological polar surface area (TPSA) is 24.9 Å². The number of benzene rings is 1. The summed E-state index contributed by atoms with van der Waals surface area (Å²) in [5, 5.41) is 3.45. The van der Waals surface area contributed by atoms with Gasteiger partial charge in [0.2, 0.25) is 0 Å². The summed E-state index contributed by atoms with van der Waals surface area (Å²) < 4.78 is 0. The molecule has 0 amide bonds. The lowest BCUT2D eigenvalue weighted by Crippen LogP contribution is -2.17. The van der Waals surface area contributed by atoms with Crippen LogP contribution in [0.2, 0.25) is 0 Å². The van der Waals surface area contributed by atoms with Crippen molar-refractivity contribution in [3.05, 3.63) is 59.9 Å². The number of nitrogens with zero attached hydrogens (tertiary/aromatic N) is 1. The lowest BCUT2D eigenvalue weighted by molar-refractivity contribution is 0.726. The Balaban J connectivity index is 1.66. The van der Waals surface area contributed by atoms with E-state index >= 15 is 0 Å². The third-order valence-electron chi connectivity index (χ3n) is 2.75. The molecule has 0 spiro atoms. The summed E-state index contributed by atoms with van der Waals surface area (Å²) >= 11 is 1.88. The Morgan fingerprint density at radius 1 is 1.17 bits per heavy atom. The molecule has 1 N–H and O–H groups in total. The molecule has 0 aliphatic heterocycles. The third kappa shape index (κ3) is 4.17. The summed E-state index contributed by atoms with van der Waals surface area (Å²) in [6.45, 7) is 4.03. The van der Waals surface area contributed by atoms with E-state index in [0.717, 1.165) is 18.8 Å². The molecular weight excluding hydrogens is 240 g/mol. The molecule has 0 saturated heterocycles. The Hall–Kier alpha value is -1.32. The van der Waals surface area contributed by atoms with Gasteiger partial charge in [0.15, 0.2) is 0 Å². The number of aromatic nitrogens is 1. The highest BCUT2D eigenvalue weighted by Crippen LogP contribution is 2.15. The predicted molar refractivity (Wildman–Crippen MR) is 77.8 cm³/mol. The van der Waals surface area contributed by atoms with Crippen LogP contribution >= 0.6 is 11.8 Å². The molecule has 0 saturated carbocycles. The molecule has 0 unspecified atom stereocenters. The molecule has 94 valence electrons. The van der Waals surface area contributed by atoms with E-state index in [0.29, 0.717) is 0 Å². The average Bonchev–Trinajstić information content (AvgIpc) is 2.42. The average molecular weight is 258 g/mol. The van der Waals surface area contributed by atoms with E-state index in [1.165, 1.54) is 16.0 Å². The highest BCUT2D eigenvalue weighted by atomic mass is 32.2. The van der Waals surface area contributed by atoms with Gasteiger partial charge in [-0.1, -0.05) is 18.2 Å². The van der Waals surface area contributed by atoms with Crippen LogP contribution in [-0.2, 0) is 6.54 Å². The maximum Gasteiger partial charge on any atom is 0.0315 e. The molecule has 0 fully saturated rings. The van der Waals surface area contributed by atoms with Gasteiger partial charge in [0.25, 0.3) is 0 Å². The molecule has 1 aromatic heterocycles. The molecule has 0 aliphatic carbocycles. The van der Waals surface area contributed by atoms with E-state index in [1.54, 1.807) is 0 Å². The molecule has 1 aromatic carbocycles. The zero-order valence-electron chi connectivity index (χ0n) is 10.6. The lowest BCUT2D eigenvalue weighted by atomic mass is 10.2. The van der Waals surface area contributed by atoms with Crippen molar-refractivity contribution in [3.63, 3.8) is 0 Å². The first-order valence-corrected chi connectivity index (χ1v) is 7.13. The molecule has 2 rings (SSSR count). The highest BCUT2D eigenvalue weighted by Gasteiger charge is 1.97. The molecule has 3 heteroatoms. The van der Waals surface area contributed by atoms with E-state index in [2.05, 4.69) is 47.6 Å². The number of hydrogen-bond acceptors (Lipinski definition) is 3. The minimum atomic E-state index is 0.898. The van der Waals surface area contributed by atoms with E-state index < -0.39 is 0 Å². The van der Waals surface area contributed by atoms with Crippen LogP contribution in [0.25, 0.3) is 0 Å². The second-order valence-corrected chi connectivity index (χ2v) is 5.31. The molecule has 18 heavy (non-hydrogen) atoms. The summed E-state index contributed by atoms with van der Waals surface area (Å²) in [6.07, 6.45) is 3.77. The fourth-order valence-electron chi connectivity index (χ4n) is 1.66. The van der Waals surface area contributed by atoms with Crippen molar-refractivity contribution in [2.45, 2.75) is 18.4 Å². The van der Waals surface area contributed by atoms with Crippen molar-refractivity contribution in [3.8, 4) is 0 Å². The lowest BCUT2D eigenvalue weighted by Gasteiger charge is -2.07. The van der Waals surface area contributed by atoms with Crippen molar-refractivity contribution in [1.82, 2.24) is 10.3 Å². The summed E-state index contributed by atoms with van der Waals surface area (Å²) in [5.74, 6) is 1.09. The molecule has 2 nitrogen and oxygen atoms in total. The first-order valence-electron chi connectivity index (χ1n) is 6.14. The first-order chi connectivity index (χ1) is 8.86. The number of thioether (sulfide) groups is 1. The van der Waals surface area contributed by atoms with Gasteiger partial charge in [0.05, 0.1) is 0 Å². The summed E-state index contributed by atoms with van der Waals surface area (Å²) in [6, 6.07) is 12.6. The van der Waals surface area contributed by atoms with Crippen LogP contribution in [0.1, 0.15) is 11.1 Å². The Morgan fingerprint density at radius 3 is 2.78 bits per heavy atom. The molecule has 2 aromatic rings. The Morgan fingerprint density at radius 2 is 2.00 bits per heavy atom. The minimum absolute atomic E-state index is 0.898. The summed E-state index contributed by atoms with van der Waals surface area (Å²) in [7, 11) is 0. The minimum Gasteiger partial charge on any atom is -0.312 e. The standard InChI is InChI=1S/C15H18N2S/c1-13-7-8-16-11-14(13)12-17-9-10-18-15-5-3-2-4-6-15/h2-8,11,17H,9-10,12H2,1H3. The van der Waals surface area contributed by atoms with Crippen molar-refractivity contribution < 1.29 is 0 Å². The van der Waals surface area contributed by atoms with Gasteiger partial charge >= 0.3 is 0 Å². The Bertz CT molecular complexity index is 471. The number of pyridine rings is 1. The van der Waals surface area contributed by atoms with Gasteiger partial charge in [-0.3, -0.25) is 4.98 Å². The molecular formula is C15H18N2S. The second kappa shape index (κ2) is 7.19. The molecule has 0 aliphatic rings. The fourth-order valence-corrected chi connectivity index (χ4v) is 2.49.